The number of carbonyl (C=O) groups excluding carboxylic acids is 2. The van der Waals surface area contributed by atoms with Crippen LogP contribution in [0.1, 0.15) is 20.7 Å². The molecule has 1 aliphatic rings. The summed E-state index contributed by atoms with van der Waals surface area (Å²) in [5, 5.41) is 0. The van der Waals surface area contributed by atoms with Gasteiger partial charge in [0, 0.05) is 0 Å². The fourth-order valence-corrected chi connectivity index (χ4v) is 2.16. The van der Waals surface area contributed by atoms with Crippen molar-refractivity contribution in [1.82, 2.24) is 0 Å². The minimum absolute atomic E-state index is 0.216. The van der Waals surface area contributed by atoms with E-state index in [2.05, 4.69) is 20.7 Å². The summed E-state index contributed by atoms with van der Waals surface area (Å²) < 4.78 is 14.8. The van der Waals surface area contributed by atoms with Gasteiger partial charge in [0.05, 0.1) is 14.2 Å². The fraction of sp³-hybridized carbons (Fsp3) is 0.273. The Morgan fingerprint density at radius 1 is 1.24 bits per heavy atom. The summed E-state index contributed by atoms with van der Waals surface area (Å²) in [6.07, 6.45) is 0. The second-order valence-corrected chi connectivity index (χ2v) is 4.25. The van der Waals surface area contributed by atoms with Gasteiger partial charge in [0.1, 0.15) is 10.4 Å². The topological polar surface area (TPSA) is 61.8 Å². The van der Waals surface area contributed by atoms with Crippen LogP contribution in [-0.4, -0.2) is 26.2 Å². The number of carbonyl (C=O) groups is 2. The molecule has 0 bridgehead atoms. The number of fused-ring (bicyclic) bond motifs is 1. The molecule has 0 N–H and O–H groups in total. The molecule has 0 saturated carbocycles. The van der Waals surface area contributed by atoms with Crippen LogP contribution in [0.5, 0.6) is 11.5 Å². The monoisotopic (exact) mass is 300 g/mol. The molecule has 0 spiro atoms. The summed E-state index contributed by atoms with van der Waals surface area (Å²) in [7, 11) is 2.89. The van der Waals surface area contributed by atoms with Crippen molar-refractivity contribution in [3.8, 4) is 11.5 Å². The largest absolute Gasteiger partial charge is 0.493 e. The van der Waals surface area contributed by atoms with Crippen molar-refractivity contribution in [3.05, 3.63) is 23.3 Å². The van der Waals surface area contributed by atoms with Gasteiger partial charge in [-0.05, 0) is 11.6 Å². The number of esters is 2. The van der Waals surface area contributed by atoms with Crippen molar-refractivity contribution in [2.45, 2.75) is 4.83 Å². The van der Waals surface area contributed by atoms with Crippen LogP contribution in [0.15, 0.2) is 12.1 Å². The van der Waals surface area contributed by atoms with E-state index in [0.717, 1.165) is 0 Å². The van der Waals surface area contributed by atoms with E-state index in [-0.39, 0.29) is 11.3 Å². The smallest absolute Gasteiger partial charge is 0.350 e. The van der Waals surface area contributed by atoms with Crippen molar-refractivity contribution >= 4 is 27.9 Å². The van der Waals surface area contributed by atoms with E-state index in [4.69, 9.17) is 9.47 Å². The Morgan fingerprint density at radius 3 is 2.53 bits per heavy atom. The number of hydrogen-bond donors (Lipinski definition) is 0. The number of cyclic esters (lactones) is 2. The maximum atomic E-state index is 11.7. The third-order valence-corrected chi connectivity index (χ3v) is 3.32. The molecule has 5 nitrogen and oxygen atoms in total. The minimum Gasteiger partial charge on any atom is -0.493 e. The Bertz CT molecular complexity index is 497. The molecule has 0 amide bonds. The van der Waals surface area contributed by atoms with Gasteiger partial charge in [-0.25, -0.2) is 9.59 Å². The van der Waals surface area contributed by atoms with Gasteiger partial charge < -0.3 is 14.2 Å². The summed E-state index contributed by atoms with van der Waals surface area (Å²) in [5.74, 6) is -0.671. The van der Waals surface area contributed by atoms with E-state index in [0.29, 0.717) is 11.3 Å². The number of ether oxygens (including phenoxy) is 3. The second-order valence-electron chi connectivity index (χ2n) is 3.34. The molecule has 90 valence electrons. The molecular weight excluding hydrogens is 292 g/mol. The molecule has 1 atom stereocenters. The summed E-state index contributed by atoms with van der Waals surface area (Å²) in [4.78, 5) is 22.4. The molecule has 1 aromatic rings. The number of hydrogen-bond acceptors (Lipinski definition) is 5. The van der Waals surface area contributed by atoms with Gasteiger partial charge in [0.25, 0.3) is 0 Å². The van der Waals surface area contributed by atoms with Crippen LogP contribution < -0.4 is 9.47 Å². The maximum Gasteiger partial charge on any atom is 0.350 e. The van der Waals surface area contributed by atoms with E-state index >= 15 is 0 Å². The van der Waals surface area contributed by atoms with Crippen molar-refractivity contribution in [1.29, 1.82) is 0 Å². The molecule has 0 radical (unpaired) electrons. The molecule has 6 heteroatoms. The Hall–Kier alpha value is -1.56. The molecule has 1 aromatic carbocycles. The van der Waals surface area contributed by atoms with E-state index in [1.807, 2.05) is 0 Å². The molecule has 1 aliphatic heterocycles. The Balaban J connectivity index is 2.69. The van der Waals surface area contributed by atoms with Crippen molar-refractivity contribution in [3.63, 3.8) is 0 Å². The first-order valence-electron chi connectivity index (χ1n) is 4.75. The van der Waals surface area contributed by atoms with Crippen molar-refractivity contribution < 1.29 is 23.8 Å². The van der Waals surface area contributed by atoms with Gasteiger partial charge in [-0.15, -0.1) is 0 Å². The number of benzene rings is 1. The van der Waals surface area contributed by atoms with Gasteiger partial charge in [-0.2, -0.15) is 0 Å². The maximum absolute atomic E-state index is 11.7. The normalized spacial score (nSPS) is 18.4. The lowest BCUT2D eigenvalue weighted by Gasteiger charge is -2.21. The van der Waals surface area contributed by atoms with Crippen LogP contribution in [-0.2, 0) is 9.53 Å². The van der Waals surface area contributed by atoms with Crippen molar-refractivity contribution in [2.75, 3.05) is 14.2 Å². The predicted molar refractivity (Wildman–Crippen MR) is 61.6 cm³/mol. The highest BCUT2D eigenvalue weighted by Crippen LogP contribution is 2.41. The number of halogens is 1. The van der Waals surface area contributed by atoms with Crippen LogP contribution >= 0.6 is 15.9 Å². The zero-order chi connectivity index (χ0) is 12.6. The van der Waals surface area contributed by atoms with Gasteiger partial charge in [-0.3, -0.25) is 0 Å². The molecule has 2 rings (SSSR count). The number of rotatable bonds is 2. The molecular formula is C11H9BrO5. The number of methoxy groups -OCH3 is 2. The fourth-order valence-electron chi connectivity index (χ4n) is 1.69. The number of alkyl halides is 1. The molecule has 1 heterocycles. The first kappa shape index (κ1) is 11.9. The van der Waals surface area contributed by atoms with E-state index in [9.17, 15) is 9.59 Å². The lowest BCUT2D eigenvalue weighted by molar-refractivity contribution is -0.138. The summed E-state index contributed by atoms with van der Waals surface area (Å²) in [6, 6.07) is 3.27. The highest BCUT2D eigenvalue weighted by Gasteiger charge is 2.36. The second kappa shape index (κ2) is 4.37. The molecule has 0 aliphatic carbocycles. The lowest BCUT2D eigenvalue weighted by Crippen LogP contribution is -2.25. The van der Waals surface area contributed by atoms with Crippen LogP contribution in [0, 0.1) is 0 Å². The predicted octanol–water partition coefficient (Wildman–Crippen LogP) is 1.84. The average molecular weight is 301 g/mol. The Labute approximate surface area is 106 Å². The summed E-state index contributed by atoms with van der Waals surface area (Å²) in [5.41, 5.74) is 0.734. The highest BCUT2D eigenvalue weighted by molar-refractivity contribution is 9.09. The van der Waals surface area contributed by atoms with Crippen LogP contribution in [0.2, 0.25) is 0 Å². The first-order chi connectivity index (χ1) is 8.10. The van der Waals surface area contributed by atoms with E-state index in [1.165, 1.54) is 14.2 Å². The van der Waals surface area contributed by atoms with E-state index < -0.39 is 16.8 Å². The molecule has 0 aromatic heterocycles. The van der Waals surface area contributed by atoms with Gasteiger partial charge >= 0.3 is 11.9 Å². The lowest BCUT2D eigenvalue weighted by atomic mass is 10.0. The van der Waals surface area contributed by atoms with Crippen molar-refractivity contribution in [2.24, 2.45) is 0 Å². The first-order valence-corrected chi connectivity index (χ1v) is 5.66. The van der Waals surface area contributed by atoms with Gasteiger partial charge in [0.2, 0.25) is 0 Å². The SMILES string of the molecule is COc1ccc2c(c1OC)C(=O)OC(=O)C2Br. The highest BCUT2D eigenvalue weighted by atomic mass is 79.9. The molecule has 1 unspecified atom stereocenters. The zero-order valence-electron chi connectivity index (χ0n) is 9.15. The quantitative estimate of drug-likeness (QED) is 0.474. The van der Waals surface area contributed by atoms with Gasteiger partial charge in [0.15, 0.2) is 11.5 Å². The molecule has 0 saturated heterocycles. The minimum atomic E-state index is -0.726. The van der Waals surface area contributed by atoms with Crippen LogP contribution in [0.4, 0.5) is 0 Å². The van der Waals surface area contributed by atoms with Gasteiger partial charge in [-0.1, -0.05) is 22.0 Å². The standard InChI is InChI=1S/C11H9BrO5/c1-15-6-4-3-5-7(9(6)16-2)10(13)17-11(14)8(5)12/h3-4,8H,1-2H3. The van der Waals surface area contributed by atoms with Crippen LogP contribution in [0.3, 0.4) is 0 Å². The zero-order valence-corrected chi connectivity index (χ0v) is 10.7. The third kappa shape index (κ3) is 1.78. The Kier molecular flexibility index (Phi) is 3.06. The molecule has 0 fully saturated rings. The molecule has 17 heavy (non-hydrogen) atoms. The Morgan fingerprint density at radius 2 is 1.94 bits per heavy atom. The summed E-state index contributed by atoms with van der Waals surface area (Å²) in [6.45, 7) is 0. The average Bonchev–Trinajstić information content (AvgIpc) is 2.34. The summed E-state index contributed by atoms with van der Waals surface area (Å²) >= 11 is 3.17. The van der Waals surface area contributed by atoms with Crippen LogP contribution in [0.25, 0.3) is 0 Å². The third-order valence-electron chi connectivity index (χ3n) is 2.46. The van der Waals surface area contributed by atoms with E-state index in [1.54, 1.807) is 12.1 Å².